The summed E-state index contributed by atoms with van der Waals surface area (Å²) in [5.74, 6) is 0. The molecule has 10 aromatic rings. The zero-order valence-electron chi connectivity index (χ0n) is 38.5. The molecule has 0 fully saturated rings. The van der Waals surface area contributed by atoms with Crippen LogP contribution in [0.3, 0.4) is 0 Å². The van der Waals surface area contributed by atoms with E-state index in [-0.39, 0.29) is 10.8 Å². The van der Waals surface area contributed by atoms with Crippen molar-refractivity contribution in [3.63, 3.8) is 0 Å². The van der Waals surface area contributed by atoms with Crippen LogP contribution < -0.4 is 4.90 Å². The second-order valence-electron chi connectivity index (χ2n) is 19.3. The van der Waals surface area contributed by atoms with Crippen LogP contribution in [0.25, 0.3) is 77.9 Å². The van der Waals surface area contributed by atoms with Gasteiger partial charge in [-0.2, -0.15) is 0 Å². The molecule has 320 valence electrons. The SMILES string of the molecule is CC1(C)c2ccccc2-c2ccc(-c3cc(N(c4ccc(-c5ccccc5)cc4)c4ccc(-c5ccccc5)c(-c5ccc6c(c5)C(C)(C)c5ccccc5-6)c4)ccc3-c3ccccc3)cc21. The van der Waals surface area contributed by atoms with E-state index in [1.165, 1.54) is 100 Å². The normalized spacial score (nSPS) is 13.6. The molecule has 0 unspecified atom stereocenters. The van der Waals surface area contributed by atoms with E-state index in [4.69, 9.17) is 0 Å². The standard InChI is InChI=1S/C66H51N/c1-65(2)61-26-16-14-24-55(61)57-36-30-48(40-63(57)65)59-42-51(34-38-53(59)46-20-10-6-11-21-46)67(50-32-28-45(29-33-50)44-18-8-5-9-19-44)52-35-39-54(47-22-12-7-13-23-47)60(43-52)49-31-37-58-56-25-15-17-27-62(56)66(3,4)64(58)41-49/h5-43H,1-4H3. The number of anilines is 3. The second-order valence-corrected chi connectivity index (χ2v) is 19.3. The molecule has 0 bridgehead atoms. The van der Waals surface area contributed by atoms with Crippen LogP contribution in [-0.2, 0) is 10.8 Å². The molecule has 0 aromatic heterocycles. The lowest BCUT2D eigenvalue weighted by Crippen LogP contribution is -2.15. The first kappa shape index (κ1) is 40.5. The van der Waals surface area contributed by atoms with Crippen LogP contribution in [0.1, 0.15) is 49.9 Å². The highest BCUT2D eigenvalue weighted by Crippen LogP contribution is 2.53. The summed E-state index contributed by atoms with van der Waals surface area (Å²) in [6.45, 7) is 9.48. The van der Waals surface area contributed by atoms with Crippen LogP contribution in [0.15, 0.2) is 237 Å². The van der Waals surface area contributed by atoms with Gasteiger partial charge in [-0.3, -0.25) is 0 Å². The van der Waals surface area contributed by atoms with E-state index in [9.17, 15) is 0 Å². The van der Waals surface area contributed by atoms with Crippen LogP contribution in [0.2, 0.25) is 0 Å². The zero-order chi connectivity index (χ0) is 45.3. The van der Waals surface area contributed by atoms with E-state index in [0.717, 1.165) is 17.1 Å². The minimum Gasteiger partial charge on any atom is -0.310 e. The molecule has 10 aromatic carbocycles. The van der Waals surface area contributed by atoms with E-state index in [1.54, 1.807) is 0 Å². The average molecular weight is 858 g/mol. The zero-order valence-corrected chi connectivity index (χ0v) is 38.5. The fourth-order valence-corrected chi connectivity index (χ4v) is 11.2. The van der Waals surface area contributed by atoms with E-state index in [0.29, 0.717) is 0 Å². The maximum absolute atomic E-state index is 2.46. The first-order valence-corrected chi connectivity index (χ1v) is 23.6. The molecule has 67 heavy (non-hydrogen) atoms. The quantitative estimate of drug-likeness (QED) is 0.147. The molecule has 0 atom stereocenters. The van der Waals surface area contributed by atoms with Crippen molar-refractivity contribution in [3.05, 3.63) is 259 Å². The molecule has 2 aliphatic rings. The van der Waals surface area contributed by atoms with Crippen molar-refractivity contribution in [2.24, 2.45) is 0 Å². The van der Waals surface area contributed by atoms with Gasteiger partial charge in [0.1, 0.15) is 0 Å². The molecule has 0 heterocycles. The Morgan fingerprint density at radius 2 is 0.552 bits per heavy atom. The molecule has 1 heteroatoms. The van der Waals surface area contributed by atoms with Gasteiger partial charge in [0.25, 0.3) is 0 Å². The van der Waals surface area contributed by atoms with Crippen LogP contribution in [0.4, 0.5) is 17.1 Å². The Morgan fingerprint density at radius 3 is 1.00 bits per heavy atom. The molecule has 12 rings (SSSR count). The monoisotopic (exact) mass is 857 g/mol. The molecule has 0 aliphatic heterocycles. The molecule has 0 saturated carbocycles. The molecule has 0 amide bonds. The summed E-state index contributed by atoms with van der Waals surface area (Å²) >= 11 is 0. The van der Waals surface area contributed by atoms with Crippen LogP contribution in [-0.4, -0.2) is 0 Å². The predicted molar refractivity (Wildman–Crippen MR) is 283 cm³/mol. The molecular formula is C66H51N. The number of benzene rings is 10. The summed E-state index contributed by atoms with van der Waals surface area (Å²) in [6.07, 6.45) is 0. The highest BCUT2D eigenvalue weighted by atomic mass is 15.1. The Hall–Kier alpha value is -8.00. The third kappa shape index (κ3) is 6.76. The van der Waals surface area contributed by atoms with Gasteiger partial charge in [0.15, 0.2) is 0 Å². The first-order valence-electron chi connectivity index (χ1n) is 23.6. The number of fused-ring (bicyclic) bond motifs is 6. The number of nitrogens with zero attached hydrogens (tertiary/aromatic N) is 1. The van der Waals surface area contributed by atoms with Crippen LogP contribution >= 0.6 is 0 Å². The smallest absolute Gasteiger partial charge is 0.0468 e. The van der Waals surface area contributed by atoms with Crippen LogP contribution in [0.5, 0.6) is 0 Å². The van der Waals surface area contributed by atoms with Gasteiger partial charge in [-0.25, -0.2) is 0 Å². The van der Waals surface area contributed by atoms with Crippen molar-refractivity contribution < 1.29 is 0 Å². The molecule has 0 spiro atoms. The van der Waals surface area contributed by atoms with Gasteiger partial charge in [0.05, 0.1) is 0 Å². The van der Waals surface area contributed by atoms with Gasteiger partial charge >= 0.3 is 0 Å². The minimum atomic E-state index is -0.120. The van der Waals surface area contributed by atoms with E-state index in [1.807, 2.05) is 0 Å². The number of hydrogen-bond donors (Lipinski definition) is 0. The van der Waals surface area contributed by atoms with Crippen molar-refractivity contribution in [1.29, 1.82) is 0 Å². The minimum absolute atomic E-state index is 0.120. The summed E-state index contributed by atoms with van der Waals surface area (Å²) in [4.78, 5) is 2.45. The van der Waals surface area contributed by atoms with Crippen molar-refractivity contribution in [1.82, 2.24) is 0 Å². The summed E-state index contributed by atoms with van der Waals surface area (Å²) in [7, 11) is 0. The van der Waals surface area contributed by atoms with Gasteiger partial charge in [-0.05, 0) is 149 Å². The van der Waals surface area contributed by atoms with Gasteiger partial charge in [-0.1, -0.05) is 216 Å². The van der Waals surface area contributed by atoms with Crippen LogP contribution in [0, 0.1) is 0 Å². The maximum atomic E-state index is 2.46. The average Bonchev–Trinajstić information content (AvgIpc) is 3.76. The summed E-state index contributed by atoms with van der Waals surface area (Å²) in [5, 5.41) is 0. The summed E-state index contributed by atoms with van der Waals surface area (Å²) in [6, 6.07) is 87.7. The first-order chi connectivity index (χ1) is 32.7. The lowest BCUT2D eigenvalue weighted by atomic mass is 9.81. The van der Waals surface area contributed by atoms with Gasteiger partial charge in [0.2, 0.25) is 0 Å². The van der Waals surface area contributed by atoms with Crippen molar-refractivity contribution in [3.8, 4) is 77.9 Å². The summed E-state index contributed by atoms with van der Waals surface area (Å²) < 4.78 is 0. The van der Waals surface area contributed by atoms with E-state index in [2.05, 4.69) is 269 Å². The van der Waals surface area contributed by atoms with Gasteiger partial charge in [0, 0.05) is 27.9 Å². The lowest BCUT2D eigenvalue weighted by Gasteiger charge is -2.28. The molecular weight excluding hydrogens is 807 g/mol. The number of rotatable bonds is 8. The van der Waals surface area contributed by atoms with Gasteiger partial charge in [-0.15, -0.1) is 0 Å². The molecule has 0 N–H and O–H groups in total. The Kier molecular flexibility index (Phi) is 9.59. The third-order valence-corrected chi connectivity index (χ3v) is 14.7. The predicted octanol–water partition coefficient (Wildman–Crippen LogP) is 18.1. The summed E-state index contributed by atoms with van der Waals surface area (Å²) in [5.41, 5.74) is 25.9. The molecule has 2 aliphatic carbocycles. The Morgan fingerprint density at radius 1 is 0.224 bits per heavy atom. The Bertz CT molecular complexity index is 3290. The largest absolute Gasteiger partial charge is 0.310 e. The van der Waals surface area contributed by atoms with Gasteiger partial charge < -0.3 is 4.90 Å². The highest BCUT2D eigenvalue weighted by Gasteiger charge is 2.37. The Balaban J connectivity index is 1.07. The Labute approximate surface area is 395 Å². The lowest BCUT2D eigenvalue weighted by molar-refractivity contribution is 0.660. The highest BCUT2D eigenvalue weighted by molar-refractivity contribution is 5.94. The number of hydrogen-bond acceptors (Lipinski definition) is 1. The third-order valence-electron chi connectivity index (χ3n) is 14.7. The molecule has 1 nitrogen and oxygen atoms in total. The topological polar surface area (TPSA) is 3.24 Å². The second kappa shape index (κ2) is 15.9. The van der Waals surface area contributed by atoms with Crippen molar-refractivity contribution >= 4 is 17.1 Å². The maximum Gasteiger partial charge on any atom is 0.0468 e. The van der Waals surface area contributed by atoms with E-state index < -0.39 is 0 Å². The van der Waals surface area contributed by atoms with E-state index >= 15 is 0 Å². The molecule has 0 saturated heterocycles. The molecule has 0 radical (unpaired) electrons. The van der Waals surface area contributed by atoms with Crippen molar-refractivity contribution in [2.75, 3.05) is 4.90 Å². The fraction of sp³-hybridized carbons (Fsp3) is 0.0909. The fourth-order valence-electron chi connectivity index (χ4n) is 11.2. The van der Waals surface area contributed by atoms with Crippen molar-refractivity contribution in [2.45, 2.75) is 38.5 Å².